The Labute approximate surface area is 162 Å². The fourth-order valence-corrected chi connectivity index (χ4v) is 2.79. The number of fused-ring (bicyclic) bond motifs is 1. The van der Waals surface area contributed by atoms with Crippen LogP contribution in [0.3, 0.4) is 0 Å². The molecule has 0 fully saturated rings. The summed E-state index contributed by atoms with van der Waals surface area (Å²) < 4.78 is 1.79. The van der Waals surface area contributed by atoms with Crippen LogP contribution in [0.15, 0.2) is 71.5 Å². The highest BCUT2D eigenvalue weighted by molar-refractivity contribution is 5.85. The van der Waals surface area contributed by atoms with Gasteiger partial charge in [-0.15, -0.1) is 5.11 Å². The number of pyridine rings is 1. The fourth-order valence-electron chi connectivity index (χ4n) is 2.79. The molecule has 0 spiro atoms. The highest BCUT2D eigenvalue weighted by Crippen LogP contribution is 2.25. The smallest absolute Gasteiger partial charge is 0.188 e. The molecule has 28 heavy (non-hydrogen) atoms. The van der Waals surface area contributed by atoms with E-state index < -0.39 is 0 Å². The molecule has 0 amide bonds. The minimum absolute atomic E-state index is 0.466. The summed E-state index contributed by atoms with van der Waals surface area (Å²) in [6.45, 7) is 3.53. The Kier molecular flexibility index (Phi) is 5.28. The first-order valence-corrected chi connectivity index (χ1v) is 9.14. The average molecular weight is 372 g/mol. The Morgan fingerprint density at radius 3 is 2.86 bits per heavy atom. The van der Waals surface area contributed by atoms with Crippen molar-refractivity contribution in [1.29, 1.82) is 0 Å². The van der Waals surface area contributed by atoms with Crippen molar-refractivity contribution in [3.05, 3.63) is 66.9 Å². The zero-order chi connectivity index (χ0) is 19.2. The van der Waals surface area contributed by atoms with E-state index in [0.717, 1.165) is 35.3 Å². The molecule has 4 aromatic rings. The predicted molar refractivity (Wildman–Crippen MR) is 108 cm³/mol. The van der Waals surface area contributed by atoms with E-state index in [9.17, 15) is 0 Å². The molecule has 0 bridgehead atoms. The average Bonchev–Trinajstić information content (AvgIpc) is 3.18. The number of anilines is 1. The van der Waals surface area contributed by atoms with Gasteiger partial charge in [-0.1, -0.05) is 13.0 Å². The second-order valence-corrected chi connectivity index (χ2v) is 6.22. The molecular formula is C20H20N8. The number of rotatable bonds is 7. The van der Waals surface area contributed by atoms with E-state index in [1.807, 2.05) is 30.3 Å². The summed E-state index contributed by atoms with van der Waals surface area (Å²) in [4.78, 5) is 12.6. The van der Waals surface area contributed by atoms with Crippen molar-refractivity contribution in [2.24, 2.45) is 10.2 Å². The van der Waals surface area contributed by atoms with Gasteiger partial charge in [0.05, 0.1) is 23.8 Å². The molecule has 0 aliphatic heterocycles. The molecule has 4 rings (SSSR count). The topological polar surface area (TPSA) is 93.2 Å². The van der Waals surface area contributed by atoms with Crippen LogP contribution in [0.2, 0.25) is 0 Å². The normalized spacial score (nSPS) is 11.3. The molecule has 0 radical (unpaired) electrons. The van der Waals surface area contributed by atoms with E-state index in [2.05, 4.69) is 48.6 Å². The van der Waals surface area contributed by atoms with E-state index in [1.54, 1.807) is 23.3 Å². The van der Waals surface area contributed by atoms with E-state index in [-0.39, 0.29) is 0 Å². The van der Waals surface area contributed by atoms with E-state index in [0.29, 0.717) is 18.0 Å². The zero-order valence-corrected chi connectivity index (χ0v) is 15.5. The predicted octanol–water partition coefficient (Wildman–Crippen LogP) is 4.32. The van der Waals surface area contributed by atoms with Gasteiger partial charge in [0.2, 0.25) is 0 Å². The highest BCUT2D eigenvalue weighted by atomic mass is 15.3. The second-order valence-electron chi connectivity index (χ2n) is 6.22. The molecule has 3 heterocycles. The van der Waals surface area contributed by atoms with Gasteiger partial charge in [-0.05, 0) is 42.3 Å². The Bertz CT molecular complexity index is 1090. The summed E-state index contributed by atoms with van der Waals surface area (Å²) in [5.74, 6) is 0.505. The minimum Gasteiger partial charge on any atom is -0.385 e. The van der Waals surface area contributed by atoms with Crippen LogP contribution >= 0.6 is 0 Å². The van der Waals surface area contributed by atoms with Gasteiger partial charge < -0.3 is 5.32 Å². The Morgan fingerprint density at radius 2 is 2.00 bits per heavy atom. The zero-order valence-electron chi connectivity index (χ0n) is 15.5. The Morgan fingerprint density at radius 1 is 1.11 bits per heavy atom. The third kappa shape index (κ3) is 3.85. The summed E-state index contributed by atoms with van der Waals surface area (Å²) in [6, 6.07) is 11.9. The minimum atomic E-state index is 0.466. The number of nitrogens with zero attached hydrogens (tertiary/aromatic N) is 7. The van der Waals surface area contributed by atoms with Crippen molar-refractivity contribution in [2.45, 2.75) is 19.9 Å². The molecule has 3 aromatic heterocycles. The summed E-state index contributed by atoms with van der Waals surface area (Å²) in [5.41, 5.74) is 3.71. The first kappa shape index (κ1) is 17.7. The maximum absolute atomic E-state index is 4.49. The molecule has 140 valence electrons. The van der Waals surface area contributed by atoms with Gasteiger partial charge >= 0.3 is 0 Å². The highest BCUT2D eigenvalue weighted by Gasteiger charge is 2.11. The molecule has 0 saturated carbocycles. The fraction of sp³-hybridized carbons (Fsp3) is 0.200. The summed E-state index contributed by atoms with van der Waals surface area (Å²) in [7, 11) is 0. The summed E-state index contributed by atoms with van der Waals surface area (Å²) >= 11 is 0. The van der Waals surface area contributed by atoms with Crippen molar-refractivity contribution in [3.63, 3.8) is 0 Å². The van der Waals surface area contributed by atoms with Gasteiger partial charge in [-0.2, -0.15) is 10.2 Å². The quantitative estimate of drug-likeness (QED) is 0.488. The molecule has 1 aromatic carbocycles. The largest absolute Gasteiger partial charge is 0.385 e. The maximum Gasteiger partial charge on any atom is 0.188 e. The molecule has 0 aliphatic carbocycles. The standard InChI is InChI=1S/C20H20N8/c1-2-8-22-16-4-3-5-17(11-16)28-20-18(13-26-28)19(23-14-24-20)27-25-12-15-6-9-21-10-7-15/h3-7,9-11,13-14,22H,2,8,12H2,1H3. The van der Waals surface area contributed by atoms with Crippen LogP contribution < -0.4 is 5.32 Å². The maximum atomic E-state index is 4.49. The Balaban J connectivity index is 1.62. The van der Waals surface area contributed by atoms with Crippen molar-refractivity contribution < 1.29 is 0 Å². The van der Waals surface area contributed by atoms with Crippen molar-refractivity contribution >= 4 is 22.5 Å². The monoisotopic (exact) mass is 372 g/mol. The summed E-state index contributed by atoms with van der Waals surface area (Å²) in [6.07, 6.45) is 7.75. The molecule has 1 N–H and O–H groups in total. The third-order valence-corrected chi connectivity index (χ3v) is 4.18. The van der Waals surface area contributed by atoms with E-state index in [1.165, 1.54) is 6.33 Å². The third-order valence-electron chi connectivity index (χ3n) is 4.18. The van der Waals surface area contributed by atoms with Crippen LogP contribution in [0.4, 0.5) is 11.5 Å². The first-order chi connectivity index (χ1) is 13.8. The van der Waals surface area contributed by atoms with Crippen molar-refractivity contribution in [2.75, 3.05) is 11.9 Å². The van der Waals surface area contributed by atoms with Gasteiger partial charge in [-0.3, -0.25) is 4.98 Å². The van der Waals surface area contributed by atoms with Crippen molar-refractivity contribution in [3.8, 4) is 5.69 Å². The van der Waals surface area contributed by atoms with E-state index >= 15 is 0 Å². The molecule has 0 aliphatic rings. The number of hydrogen-bond donors (Lipinski definition) is 1. The Hall–Kier alpha value is -3.68. The van der Waals surface area contributed by atoms with E-state index in [4.69, 9.17) is 0 Å². The molecule has 0 unspecified atom stereocenters. The number of azo groups is 1. The van der Waals surface area contributed by atoms with Gasteiger partial charge in [0.25, 0.3) is 0 Å². The van der Waals surface area contributed by atoms with Gasteiger partial charge in [0, 0.05) is 24.6 Å². The summed E-state index contributed by atoms with van der Waals surface area (Å²) in [5, 5.41) is 17.2. The lowest BCUT2D eigenvalue weighted by molar-refractivity contribution is 0.893. The number of nitrogens with one attached hydrogen (secondary N) is 1. The SMILES string of the molecule is CCCNc1cccc(-n2ncc3c(N=NCc4ccncc4)ncnc32)c1. The van der Waals surface area contributed by atoms with Crippen LogP contribution in [0.5, 0.6) is 0 Å². The number of hydrogen-bond acceptors (Lipinski definition) is 7. The molecule has 8 nitrogen and oxygen atoms in total. The molecule has 0 saturated heterocycles. The van der Waals surface area contributed by atoms with Crippen LogP contribution in [0.25, 0.3) is 16.7 Å². The number of benzene rings is 1. The van der Waals surface area contributed by atoms with Crippen LogP contribution in [0.1, 0.15) is 18.9 Å². The molecule has 8 heteroatoms. The molecule has 0 atom stereocenters. The second kappa shape index (κ2) is 8.34. The van der Waals surface area contributed by atoms with Crippen LogP contribution in [-0.4, -0.2) is 31.3 Å². The first-order valence-electron chi connectivity index (χ1n) is 9.14. The van der Waals surface area contributed by atoms with Gasteiger partial charge in [0.1, 0.15) is 6.33 Å². The van der Waals surface area contributed by atoms with Crippen LogP contribution in [0, 0.1) is 0 Å². The lowest BCUT2D eigenvalue weighted by Crippen LogP contribution is -2.02. The van der Waals surface area contributed by atoms with Gasteiger partial charge in [-0.25, -0.2) is 14.6 Å². The van der Waals surface area contributed by atoms with Gasteiger partial charge in [0.15, 0.2) is 11.5 Å². The lowest BCUT2D eigenvalue weighted by Gasteiger charge is -2.08. The van der Waals surface area contributed by atoms with Crippen molar-refractivity contribution in [1.82, 2.24) is 24.7 Å². The molecular weight excluding hydrogens is 352 g/mol. The number of aromatic nitrogens is 5. The lowest BCUT2D eigenvalue weighted by atomic mass is 10.2. The van der Waals surface area contributed by atoms with Crippen LogP contribution in [-0.2, 0) is 6.54 Å².